The summed E-state index contributed by atoms with van der Waals surface area (Å²) in [5.74, 6) is -0.796. The lowest BCUT2D eigenvalue weighted by atomic mass is 9.91. The van der Waals surface area contributed by atoms with Crippen LogP contribution in [0.4, 0.5) is 0 Å². The Hall–Kier alpha value is -2.21. The van der Waals surface area contributed by atoms with Gasteiger partial charge in [0.1, 0.15) is 5.54 Å². The van der Waals surface area contributed by atoms with Crippen molar-refractivity contribution in [3.63, 3.8) is 0 Å². The highest BCUT2D eigenvalue weighted by Gasteiger charge is 2.39. The van der Waals surface area contributed by atoms with E-state index in [1.165, 1.54) is 0 Å². The van der Waals surface area contributed by atoms with E-state index in [2.05, 4.69) is 4.90 Å². The van der Waals surface area contributed by atoms with Crippen LogP contribution in [0, 0.1) is 0 Å². The van der Waals surface area contributed by atoms with Crippen LogP contribution in [0.2, 0.25) is 0 Å². The Morgan fingerprint density at radius 2 is 1.52 bits per heavy atom. The predicted octanol–water partition coefficient (Wildman–Crippen LogP) is 4.47. The number of hydrogen-bond donors (Lipinski definition) is 1. The van der Waals surface area contributed by atoms with E-state index in [1.807, 2.05) is 67.6 Å². The smallest absolute Gasteiger partial charge is 0.323 e. The number of carbonyl (C=O) groups is 1. The molecule has 0 amide bonds. The van der Waals surface area contributed by atoms with Crippen LogP contribution in [0.15, 0.2) is 60.7 Å². The van der Waals surface area contributed by atoms with Crippen LogP contribution in [0.3, 0.4) is 0 Å². The molecule has 1 aliphatic heterocycles. The number of carboxylic acid groups (broad SMARTS) is 1. The Morgan fingerprint density at radius 1 is 1.00 bits per heavy atom. The third-order valence-electron chi connectivity index (χ3n) is 5.59. The highest BCUT2D eigenvalue weighted by atomic mass is 16.7. The van der Waals surface area contributed by atoms with Gasteiger partial charge in [0.2, 0.25) is 0 Å². The van der Waals surface area contributed by atoms with Crippen LogP contribution < -0.4 is 0 Å². The van der Waals surface area contributed by atoms with E-state index in [0.29, 0.717) is 25.9 Å². The number of rotatable bonds is 10. The lowest BCUT2D eigenvalue weighted by Crippen LogP contribution is -2.51. The maximum absolute atomic E-state index is 12.4. The van der Waals surface area contributed by atoms with Gasteiger partial charge in [0.05, 0.1) is 13.2 Å². The fourth-order valence-electron chi connectivity index (χ4n) is 3.73. The summed E-state index contributed by atoms with van der Waals surface area (Å²) < 4.78 is 11.2. The molecule has 5 heteroatoms. The molecule has 1 atom stereocenters. The van der Waals surface area contributed by atoms with Gasteiger partial charge in [-0.1, -0.05) is 60.7 Å². The lowest BCUT2D eigenvalue weighted by Gasteiger charge is -2.38. The molecule has 2 aromatic rings. The Balaban J connectivity index is 1.75. The zero-order valence-corrected chi connectivity index (χ0v) is 17.1. The molecule has 3 rings (SSSR count). The van der Waals surface area contributed by atoms with E-state index >= 15 is 0 Å². The van der Waals surface area contributed by atoms with Gasteiger partial charge in [-0.3, -0.25) is 9.69 Å². The first kappa shape index (κ1) is 21.5. The fourth-order valence-corrected chi connectivity index (χ4v) is 3.73. The van der Waals surface area contributed by atoms with Crippen molar-refractivity contribution in [3.05, 3.63) is 71.8 Å². The number of hydrogen-bond acceptors (Lipinski definition) is 4. The van der Waals surface area contributed by atoms with Crippen LogP contribution in [-0.2, 0) is 27.4 Å². The monoisotopic (exact) mass is 397 g/mol. The third kappa shape index (κ3) is 6.13. The van der Waals surface area contributed by atoms with Gasteiger partial charge < -0.3 is 14.6 Å². The van der Waals surface area contributed by atoms with Crippen LogP contribution >= 0.6 is 0 Å². The number of aliphatic carboxylic acids is 1. The summed E-state index contributed by atoms with van der Waals surface area (Å²) >= 11 is 0. The summed E-state index contributed by atoms with van der Waals surface area (Å²) in [6.45, 7) is 4.43. The normalized spacial score (nSPS) is 17.2. The van der Waals surface area contributed by atoms with Gasteiger partial charge in [-0.25, -0.2) is 0 Å². The molecule has 0 aliphatic carbocycles. The van der Waals surface area contributed by atoms with Gasteiger partial charge in [0.25, 0.3) is 0 Å². The van der Waals surface area contributed by atoms with E-state index in [4.69, 9.17) is 9.47 Å². The summed E-state index contributed by atoms with van der Waals surface area (Å²) in [7, 11) is 0. The molecular weight excluding hydrogens is 366 g/mol. The van der Waals surface area contributed by atoms with Gasteiger partial charge in [0, 0.05) is 13.1 Å². The highest BCUT2D eigenvalue weighted by molar-refractivity contribution is 5.78. The van der Waals surface area contributed by atoms with Crippen molar-refractivity contribution in [1.29, 1.82) is 0 Å². The van der Waals surface area contributed by atoms with E-state index < -0.39 is 11.5 Å². The zero-order valence-electron chi connectivity index (χ0n) is 17.1. The minimum atomic E-state index is -0.986. The molecule has 1 fully saturated rings. The van der Waals surface area contributed by atoms with Gasteiger partial charge in [-0.05, 0) is 43.7 Å². The maximum atomic E-state index is 12.4. The first-order chi connectivity index (χ1) is 14.1. The van der Waals surface area contributed by atoms with Crippen LogP contribution in [0.5, 0.6) is 0 Å². The van der Waals surface area contributed by atoms with Gasteiger partial charge in [-0.2, -0.15) is 0 Å². The minimum Gasteiger partial charge on any atom is -0.480 e. The molecule has 1 N–H and O–H groups in total. The Labute approximate surface area is 173 Å². The fraction of sp³-hybridized carbons (Fsp3) is 0.458. The summed E-state index contributed by atoms with van der Waals surface area (Å²) in [6.07, 6.45) is 2.69. The molecule has 2 aromatic carbocycles. The summed E-state index contributed by atoms with van der Waals surface area (Å²) in [5.41, 5.74) is 1.23. The van der Waals surface area contributed by atoms with Crippen LogP contribution in [0.25, 0.3) is 0 Å². The average molecular weight is 398 g/mol. The highest BCUT2D eigenvalue weighted by Crippen LogP contribution is 2.28. The van der Waals surface area contributed by atoms with E-state index in [-0.39, 0.29) is 6.29 Å². The molecule has 0 radical (unpaired) electrons. The second-order valence-electron chi connectivity index (χ2n) is 7.82. The molecule has 156 valence electrons. The second-order valence-corrected chi connectivity index (χ2v) is 7.82. The summed E-state index contributed by atoms with van der Waals surface area (Å²) in [6, 6.07) is 20.1. The second kappa shape index (κ2) is 10.5. The van der Waals surface area contributed by atoms with Gasteiger partial charge in [-0.15, -0.1) is 0 Å². The lowest BCUT2D eigenvalue weighted by molar-refractivity contribution is -0.183. The topological polar surface area (TPSA) is 59.0 Å². The summed E-state index contributed by atoms with van der Waals surface area (Å²) in [5, 5.41) is 10.2. The van der Waals surface area contributed by atoms with E-state index in [1.54, 1.807) is 0 Å². The van der Waals surface area contributed by atoms with Crippen molar-refractivity contribution >= 4 is 5.97 Å². The van der Waals surface area contributed by atoms with Crippen molar-refractivity contribution < 1.29 is 19.4 Å². The number of ether oxygens (including phenoxy) is 2. The number of benzene rings is 2. The zero-order chi connectivity index (χ0) is 20.5. The van der Waals surface area contributed by atoms with Crippen molar-refractivity contribution in [2.24, 2.45) is 0 Å². The average Bonchev–Trinajstić information content (AvgIpc) is 2.75. The van der Waals surface area contributed by atoms with E-state index in [9.17, 15) is 9.90 Å². The molecule has 1 aliphatic rings. The Bertz CT molecular complexity index is 704. The predicted molar refractivity (Wildman–Crippen MR) is 112 cm³/mol. The molecule has 0 bridgehead atoms. The van der Waals surface area contributed by atoms with Gasteiger partial charge >= 0.3 is 5.97 Å². The maximum Gasteiger partial charge on any atom is 0.323 e. The molecule has 29 heavy (non-hydrogen) atoms. The van der Waals surface area contributed by atoms with Crippen LogP contribution in [0.1, 0.15) is 43.7 Å². The van der Waals surface area contributed by atoms with Crippen molar-refractivity contribution in [3.8, 4) is 0 Å². The molecule has 1 saturated heterocycles. The van der Waals surface area contributed by atoms with Crippen molar-refractivity contribution in [2.75, 3.05) is 13.2 Å². The molecule has 0 unspecified atom stereocenters. The molecule has 5 nitrogen and oxygen atoms in total. The third-order valence-corrected chi connectivity index (χ3v) is 5.59. The summed E-state index contributed by atoms with van der Waals surface area (Å²) in [4.78, 5) is 14.5. The Kier molecular flexibility index (Phi) is 7.81. The first-order valence-corrected chi connectivity index (χ1v) is 10.4. The number of nitrogens with zero attached hydrogens (tertiary/aromatic N) is 1. The van der Waals surface area contributed by atoms with E-state index in [0.717, 1.165) is 37.2 Å². The largest absolute Gasteiger partial charge is 0.480 e. The molecule has 1 heterocycles. The quantitative estimate of drug-likeness (QED) is 0.641. The Morgan fingerprint density at radius 3 is 2.00 bits per heavy atom. The molecule has 0 aromatic heterocycles. The van der Waals surface area contributed by atoms with Crippen molar-refractivity contribution in [2.45, 2.75) is 57.5 Å². The standard InChI is InChI=1S/C24H31NO4/c1-24(23(26)27,15-8-14-22-28-16-9-17-29-22)25(18-20-10-4-2-5-11-20)19-21-12-6-3-7-13-21/h2-7,10-13,22H,8-9,14-19H2,1H3,(H,26,27)/t24-/m0/s1. The number of carboxylic acids is 1. The minimum absolute atomic E-state index is 0.210. The SMILES string of the molecule is C[C@](CCCC1OCCCO1)(C(=O)O)N(Cc1ccccc1)Cc1ccccc1. The van der Waals surface area contributed by atoms with Crippen molar-refractivity contribution in [1.82, 2.24) is 4.90 Å². The van der Waals surface area contributed by atoms with Crippen LogP contribution in [-0.4, -0.2) is 41.0 Å². The molecule has 0 spiro atoms. The van der Waals surface area contributed by atoms with Gasteiger partial charge in [0.15, 0.2) is 6.29 Å². The molecular formula is C24H31NO4. The first-order valence-electron chi connectivity index (χ1n) is 10.4. The molecule has 0 saturated carbocycles.